The molecule has 0 fully saturated rings. The third-order valence-electron chi connectivity index (χ3n) is 2.23. The molecular formula is C12H16N2O4. The van der Waals surface area contributed by atoms with Gasteiger partial charge in [0.2, 0.25) is 5.75 Å². The van der Waals surface area contributed by atoms with Gasteiger partial charge in [0.05, 0.1) is 27.4 Å². The topological polar surface area (TPSA) is 86.7 Å². The standard InChI is InChI=1S/C12H16N2O4/c1-15-10-4-9(18-7-8(14)6-13)5-11(16-2)12(10)17-3/h4-5,8H,7,14H2,1-3H3. The Morgan fingerprint density at radius 3 is 2.11 bits per heavy atom. The molecule has 0 aliphatic heterocycles. The van der Waals surface area contributed by atoms with Crippen LogP contribution in [0.4, 0.5) is 0 Å². The normalized spacial score (nSPS) is 11.3. The van der Waals surface area contributed by atoms with Gasteiger partial charge in [-0.1, -0.05) is 0 Å². The van der Waals surface area contributed by atoms with Gasteiger partial charge in [0.15, 0.2) is 11.5 Å². The van der Waals surface area contributed by atoms with Crippen LogP contribution in [0.5, 0.6) is 23.0 Å². The summed E-state index contributed by atoms with van der Waals surface area (Å²) >= 11 is 0. The zero-order valence-corrected chi connectivity index (χ0v) is 10.6. The van der Waals surface area contributed by atoms with E-state index in [0.29, 0.717) is 23.0 Å². The summed E-state index contributed by atoms with van der Waals surface area (Å²) in [6, 6.07) is 4.49. The van der Waals surface area contributed by atoms with Gasteiger partial charge in [-0.15, -0.1) is 0 Å². The Hall–Kier alpha value is -2.13. The Labute approximate surface area is 106 Å². The quantitative estimate of drug-likeness (QED) is 0.810. The lowest BCUT2D eigenvalue weighted by molar-refractivity contribution is 0.293. The van der Waals surface area contributed by atoms with E-state index in [1.54, 1.807) is 12.1 Å². The summed E-state index contributed by atoms with van der Waals surface area (Å²) in [4.78, 5) is 0. The van der Waals surface area contributed by atoms with Crippen molar-refractivity contribution < 1.29 is 18.9 Å². The minimum atomic E-state index is -0.677. The molecule has 0 heterocycles. The Balaban J connectivity index is 2.97. The summed E-state index contributed by atoms with van der Waals surface area (Å²) in [5, 5.41) is 8.57. The van der Waals surface area contributed by atoms with Crippen LogP contribution < -0.4 is 24.7 Å². The molecule has 1 rings (SSSR count). The molecule has 1 aromatic carbocycles. The highest BCUT2D eigenvalue weighted by atomic mass is 16.5. The van der Waals surface area contributed by atoms with E-state index in [9.17, 15) is 0 Å². The van der Waals surface area contributed by atoms with Crippen LogP contribution in [0.1, 0.15) is 0 Å². The smallest absolute Gasteiger partial charge is 0.203 e. The van der Waals surface area contributed by atoms with Crippen molar-refractivity contribution in [2.75, 3.05) is 27.9 Å². The first-order valence-corrected chi connectivity index (χ1v) is 5.24. The number of nitrogens with zero attached hydrogens (tertiary/aromatic N) is 1. The van der Waals surface area contributed by atoms with Gasteiger partial charge >= 0.3 is 0 Å². The van der Waals surface area contributed by atoms with Crippen LogP contribution >= 0.6 is 0 Å². The highest BCUT2D eigenvalue weighted by molar-refractivity contribution is 5.55. The summed E-state index contributed by atoms with van der Waals surface area (Å²) in [7, 11) is 4.55. The van der Waals surface area contributed by atoms with Crippen molar-refractivity contribution in [2.24, 2.45) is 5.73 Å². The van der Waals surface area contributed by atoms with Gasteiger partial charge in [-0.2, -0.15) is 5.26 Å². The fraction of sp³-hybridized carbons (Fsp3) is 0.417. The molecule has 1 atom stereocenters. The maximum atomic E-state index is 8.57. The number of rotatable bonds is 6. The molecule has 0 saturated carbocycles. The lowest BCUT2D eigenvalue weighted by atomic mass is 10.2. The van der Waals surface area contributed by atoms with Crippen LogP contribution in [-0.2, 0) is 0 Å². The second kappa shape index (κ2) is 6.57. The van der Waals surface area contributed by atoms with Crippen molar-refractivity contribution >= 4 is 0 Å². The summed E-state index contributed by atoms with van der Waals surface area (Å²) in [6.45, 7) is 0.0924. The zero-order valence-electron chi connectivity index (χ0n) is 10.6. The van der Waals surface area contributed by atoms with Crippen LogP contribution in [0.3, 0.4) is 0 Å². The molecule has 0 aliphatic rings. The molecule has 6 heteroatoms. The minimum Gasteiger partial charge on any atom is -0.493 e. The molecule has 0 spiro atoms. The molecule has 0 radical (unpaired) electrons. The summed E-state index contributed by atoms with van der Waals surface area (Å²) < 4.78 is 20.9. The SMILES string of the molecule is COc1cc(OCC(N)C#N)cc(OC)c1OC. The fourth-order valence-electron chi connectivity index (χ4n) is 1.36. The molecule has 1 aromatic rings. The van der Waals surface area contributed by atoms with Crippen LogP contribution in [-0.4, -0.2) is 34.0 Å². The van der Waals surface area contributed by atoms with E-state index < -0.39 is 6.04 Å². The van der Waals surface area contributed by atoms with Gasteiger partial charge in [0.25, 0.3) is 0 Å². The number of hydrogen-bond donors (Lipinski definition) is 1. The molecule has 98 valence electrons. The molecule has 0 aliphatic carbocycles. The minimum absolute atomic E-state index is 0.0924. The van der Waals surface area contributed by atoms with Crippen molar-refractivity contribution in [1.82, 2.24) is 0 Å². The number of ether oxygens (including phenoxy) is 4. The van der Waals surface area contributed by atoms with Gasteiger partial charge in [-0.25, -0.2) is 0 Å². The van der Waals surface area contributed by atoms with Gasteiger partial charge in [0, 0.05) is 12.1 Å². The number of nitriles is 1. The first-order valence-electron chi connectivity index (χ1n) is 5.24. The second-order valence-corrected chi connectivity index (χ2v) is 3.41. The van der Waals surface area contributed by atoms with Gasteiger partial charge in [-0.05, 0) is 0 Å². The first-order chi connectivity index (χ1) is 8.65. The molecule has 0 aromatic heterocycles. The Kier molecular flexibility index (Phi) is 5.08. The molecule has 0 bridgehead atoms. The highest BCUT2D eigenvalue weighted by Gasteiger charge is 2.14. The van der Waals surface area contributed by atoms with Gasteiger partial charge in [-0.3, -0.25) is 0 Å². The summed E-state index contributed by atoms with van der Waals surface area (Å²) in [5.41, 5.74) is 5.44. The molecular weight excluding hydrogens is 236 g/mol. The molecule has 0 amide bonds. The van der Waals surface area contributed by atoms with E-state index in [0.717, 1.165) is 0 Å². The highest BCUT2D eigenvalue weighted by Crippen LogP contribution is 2.40. The molecule has 1 unspecified atom stereocenters. The maximum absolute atomic E-state index is 8.57. The molecule has 18 heavy (non-hydrogen) atoms. The van der Waals surface area contributed by atoms with Crippen LogP contribution in [0.2, 0.25) is 0 Å². The van der Waals surface area contributed by atoms with Crippen molar-refractivity contribution in [1.29, 1.82) is 5.26 Å². The predicted octanol–water partition coefficient (Wildman–Crippen LogP) is 0.942. The number of hydrogen-bond acceptors (Lipinski definition) is 6. The second-order valence-electron chi connectivity index (χ2n) is 3.41. The Bertz CT molecular complexity index is 417. The third-order valence-corrected chi connectivity index (χ3v) is 2.23. The average molecular weight is 252 g/mol. The van der Waals surface area contributed by atoms with E-state index in [1.165, 1.54) is 21.3 Å². The maximum Gasteiger partial charge on any atom is 0.203 e. The first kappa shape index (κ1) is 13.9. The largest absolute Gasteiger partial charge is 0.493 e. The average Bonchev–Trinajstić information content (AvgIpc) is 2.43. The lowest BCUT2D eigenvalue weighted by Crippen LogP contribution is -2.25. The van der Waals surface area contributed by atoms with Crippen LogP contribution in [0, 0.1) is 11.3 Å². The molecule has 6 nitrogen and oxygen atoms in total. The van der Waals surface area contributed by atoms with E-state index in [1.807, 2.05) is 6.07 Å². The van der Waals surface area contributed by atoms with Gasteiger partial charge < -0.3 is 24.7 Å². The van der Waals surface area contributed by atoms with E-state index >= 15 is 0 Å². The van der Waals surface area contributed by atoms with Crippen LogP contribution in [0.15, 0.2) is 12.1 Å². The Morgan fingerprint density at radius 2 is 1.72 bits per heavy atom. The monoisotopic (exact) mass is 252 g/mol. The van der Waals surface area contributed by atoms with Gasteiger partial charge in [0.1, 0.15) is 18.4 Å². The number of methoxy groups -OCH3 is 3. The molecule has 2 N–H and O–H groups in total. The predicted molar refractivity (Wildman–Crippen MR) is 65.2 cm³/mol. The summed E-state index contributed by atoms with van der Waals surface area (Å²) in [6.07, 6.45) is 0. The Morgan fingerprint density at radius 1 is 1.17 bits per heavy atom. The van der Waals surface area contributed by atoms with Crippen molar-refractivity contribution in [2.45, 2.75) is 6.04 Å². The number of benzene rings is 1. The summed E-state index contributed by atoms with van der Waals surface area (Å²) in [5.74, 6) is 1.95. The molecule has 0 saturated heterocycles. The third kappa shape index (κ3) is 3.18. The van der Waals surface area contributed by atoms with E-state index in [4.69, 9.17) is 29.9 Å². The van der Waals surface area contributed by atoms with Crippen molar-refractivity contribution in [3.05, 3.63) is 12.1 Å². The van der Waals surface area contributed by atoms with E-state index in [2.05, 4.69) is 0 Å². The zero-order chi connectivity index (χ0) is 13.5. The lowest BCUT2D eigenvalue weighted by Gasteiger charge is -2.14. The van der Waals surface area contributed by atoms with Crippen molar-refractivity contribution in [3.8, 4) is 29.1 Å². The van der Waals surface area contributed by atoms with E-state index in [-0.39, 0.29) is 6.61 Å². The van der Waals surface area contributed by atoms with Crippen LogP contribution in [0.25, 0.3) is 0 Å². The van der Waals surface area contributed by atoms with Crippen molar-refractivity contribution in [3.63, 3.8) is 0 Å². The fourth-order valence-corrected chi connectivity index (χ4v) is 1.36. The number of nitrogens with two attached hydrogens (primary N) is 1.